The van der Waals surface area contributed by atoms with E-state index in [9.17, 15) is 0 Å². The molecule has 3 heteroatoms. The van der Waals surface area contributed by atoms with E-state index in [1.807, 2.05) is 0 Å². The van der Waals surface area contributed by atoms with Gasteiger partial charge in [-0.15, -0.1) is 0 Å². The van der Waals surface area contributed by atoms with Crippen molar-refractivity contribution in [3.63, 3.8) is 0 Å². The van der Waals surface area contributed by atoms with Crippen LogP contribution < -0.4 is 0 Å². The average molecular weight is 324 g/mol. The maximum Gasteiger partial charge on any atom is 0.0780 e. The number of hydrogen-bond donors (Lipinski definition) is 0. The highest BCUT2D eigenvalue weighted by molar-refractivity contribution is 14.1. The van der Waals surface area contributed by atoms with Crippen molar-refractivity contribution in [3.05, 3.63) is 21.1 Å². The predicted octanol–water partition coefficient (Wildman–Crippen LogP) is 4.62. The van der Waals surface area contributed by atoms with Crippen molar-refractivity contribution in [1.29, 1.82) is 0 Å². The third-order valence-corrected chi connectivity index (χ3v) is 7.75. The summed E-state index contributed by atoms with van der Waals surface area (Å²) in [5, 5.41) is 3.01. The van der Waals surface area contributed by atoms with Crippen LogP contribution in [0.4, 0.5) is 0 Å². The first-order valence-corrected chi connectivity index (χ1v) is 12.9. The van der Waals surface area contributed by atoms with Crippen LogP contribution in [0.15, 0.2) is 21.1 Å². The van der Waals surface area contributed by atoms with Gasteiger partial charge >= 0.3 is 0 Å². The zero-order valence-electron chi connectivity index (χ0n) is 9.66. The van der Waals surface area contributed by atoms with Crippen molar-refractivity contribution in [2.75, 3.05) is 0 Å². The molecule has 0 aromatic rings. The summed E-state index contributed by atoms with van der Waals surface area (Å²) in [7, 11) is -2.36. The van der Waals surface area contributed by atoms with Gasteiger partial charge in [-0.25, -0.2) is 0 Å². The molecule has 0 N–H and O–H groups in total. The van der Waals surface area contributed by atoms with E-state index in [1.54, 1.807) is 5.20 Å². The lowest BCUT2D eigenvalue weighted by molar-refractivity contribution is 1.58. The van der Waals surface area contributed by atoms with Gasteiger partial charge in [0.25, 0.3) is 0 Å². The van der Waals surface area contributed by atoms with Crippen LogP contribution in [0.3, 0.4) is 0 Å². The van der Waals surface area contributed by atoms with Crippen LogP contribution in [0.5, 0.6) is 0 Å². The van der Waals surface area contributed by atoms with Crippen molar-refractivity contribution >= 4 is 38.7 Å². The SMILES string of the molecule is C=C(/C(=C\I)[Si](C)(C)C)[Si](C)(C)C. The maximum absolute atomic E-state index is 4.29. The smallest absolute Gasteiger partial charge is 0.0780 e. The van der Waals surface area contributed by atoms with Crippen LogP contribution in [0.25, 0.3) is 0 Å². The average Bonchev–Trinajstić information content (AvgIpc) is 1.83. The third-order valence-electron chi connectivity index (χ3n) is 2.15. The van der Waals surface area contributed by atoms with Crippen LogP contribution >= 0.6 is 22.6 Å². The van der Waals surface area contributed by atoms with E-state index in [-0.39, 0.29) is 0 Å². The van der Waals surface area contributed by atoms with E-state index in [4.69, 9.17) is 0 Å². The van der Waals surface area contributed by atoms with Gasteiger partial charge in [-0.05, 0) is 4.08 Å². The second-order valence-electron chi connectivity index (χ2n) is 5.50. The predicted molar refractivity (Wildman–Crippen MR) is 77.9 cm³/mol. The zero-order valence-corrected chi connectivity index (χ0v) is 13.8. The Morgan fingerprint density at radius 1 is 1.00 bits per heavy atom. The van der Waals surface area contributed by atoms with Crippen molar-refractivity contribution < 1.29 is 0 Å². The van der Waals surface area contributed by atoms with Gasteiger partial charge in [0, 0.05) is 0 Å². The Morgan fingerprint density at radius 3 is 1.46 bits per heavy atom. The minimum atomic E-state index is -1.19. The van der Waals surface area contributed by atoms with Gasteiger partial charge in [0.2, 0.25) is 0 Å². The lowest BCUT2D eigenvalue weighted by Crippen LogP contribution is -2.34. The molecular weight excluding hydrogens is 303 g/mol. The molecule has 0 spiro atoms. The summed E-state index contributed by atoms with van der Waals surface area (Å²) in [6, 6.07) is 0. The standard InChI is InChI=1S/C10H21ISi2/c1-9(12(2,3)4)10(8-11)13(5,6)7/h8H,1H2,2-7H3/b10-8+. The second-order valence-corrected chi connectivity index (χ2v) is 16.3. The molecule has 0 saturated carbocycles. The Balaban J connectivity index is 4.97. The summed E-state index contributed by atoms with van der Waals surface area (Å²) in [5.74, 6) is 0. The minimum Gasteiger partial charge on any atom is -0.0999 e. The van der Waals surface area contributed by atoms with Crippen molar-refractivity contribution in [2.24, 2.45) is 0 Å². The van der Waals surface area contributed by atoms with Crippen molar-refractivity contribution in [1.82, 2.24) is 0 Å². The van der Waals surface area contributed by atoms with Gasteiger partial charge in [-0.1, -0.05) is 78.8 Å². The molecule has 0 aliphatic rings. The second kappa shape index (κ2) is 4.44. The van der Waals surface area contributed by atoms with E-state index in [2.05, 4.69) is 72.5 Å². The third kappa shape index (κ3) is 4.12. The topological polar surface area (TPSA) is 0 Å². The first-order chi connectivity index (χ1) is 5.60. The minimum absolute atomic E-state index is 1.17. The molecule has 0 unspecified atom stereocenters. The molecule has 0 amide bonds. The number of halogens is 1. The molecule has 0 aliphatic heterocycles. The molecule has 0 heterocycles. The summed E-state index contributed by atoms with van der Waals surface area (Å²) in [4.78, 5) is 0. The highest BCUT2D eigenvalue weighted by Gasteiger charge is 2.28. The van der Waals surface area contributed by atoms with Gasteiger partial charge in [0.15, 0.2) is 0 Å². The zero-order chi connectivity index (χ0) is 10.9. The lowest BCUT2D eigenvalue weighted by atomic mass is 10.6. The maximum atomic E-state index is 4.29. The van der Waals surface area contributed by atoms with Gasteiger partial charge in [-0.3, -0.25) is 0 Å². The largest absolute Gasteiger partial charge is 0.0999 e. The first-order valence-electron chi connectivity index (χ1n) is 4.61. The summed E-state index contributed by atoms with van der Waals surface area (Å²) in [5.41, 5.74) is 0. The van der Waals surface area contributed by atoms with Crippen LogP contribution in [0, 0.1) is 0 Å². The Morgan fingerprint density at radius 2 is 1.38 bits per heavy atom. The molecule has 0 nitrogen and oxygen atoms in total. The van der Waals surface area contributed by atoms with E-state index < -0.39 is 16.1 Å². The Hall–Kier alpha value is 0.644. The molecule has 0 saturated heterocycles. The molecule has 0 aliphatic carbocycles. The molecule has 13 heavy (non-hydrogen) atoms. The van der Waals surface area contributed by atoms with Crippen molar-refractivity contribution in [2.45, 2.75) is 39.3 Å². The summed E-state index contributed by atoms with van der Waals surface area (Å²) in [6.45, 7) is 18.6. The Bertz CT molecular complexity index is 228. The fourth-order valence-electron chi connectivity index (χ4n) is 1.09. The monoisotopic (exact) mass is 324 g/mol. The first kappa shape index (κ1) is 13.6. The van der Waals surface area contributed by atoms with Crippen LogP contribution in [0.1, 0.15) is 0 Å². The van der Waals surface area contributed by atoms with E-state index in [0.717, 1.165) is 0 Å². The lowest BCUT2D eigenvalue weighted by Gasteiger charge is -2.29. The Labute approximate surface area is 98.7 Å². The molecular formula is C10H21ISi2. The summed E-state index contributed by atoms with van der Waals surface area (Å²) < 4.78 is 2.25. The molecule has 76 valence electrons. The van der Waals surface area contributed by atoms with Gasteiger partial charge < -0.3 is 0 Å². The van der Waals surface area contributed by atoms with Crippen LogP contribution in [-0.4, -0.2) is 16.1 Å². The summed E-state index contributed by atoms with van der Waals surface area (Å²) in [6.07, 6.45) is 0. The molecule has 0 atom stereocenters. The van der Waals surface area contributed by atoms with Gasteiger partial charge in [0.05, 0.1) is 16.1 Å². The number of rotatable bonds is 3. The van der Waals surface area contributed by atoms with Crippen LogP contribution in [-0.2, 0) is 0 Å². The molecule has 0 aromatic carbocycles. The van der Waals surface area contributed by atoms with Crippen LogP contribution in [0.2, 0.25) is 39.3 Å². The van der Waals surface area contributed by atoms with E-state index in [0.29, 0.717) is 0 Å². The number of allylic oxidation sites excluding steroid dienone is 2. The van der Waals surface area contributed by atoms with E-state index in [1.165, 1.54) is 5.20 Å². The quantitative estimate of drug-likeness (QED) is 0.404. The van der Waals surface area contributed by atoms with Crippen molar-refractivity contribution in [3.8, 4) is 0 Å². The van der Waals surface area contributed by atoms with Gasteiger partial charge in [-0.2, -0.15) is 0 Å². The molecule has 0 bridgehead atoms. The van der Waals surface area contributed by atoms with Gasteiger partial charge in [0.1, 0.15) is 0 Å². The summed E-state index contributed by atoms with van der Waals surface area (Å²) >= 11 is 2.36. The molecule has 0 rings (SSSR count). The number of hydrogen-bond acceptors (Lipinski definition) is 0. The van der Waals surface area contributed by atoms with E-state index >= 15 is 0 Å². The fourth-order valence-corrected chi connectivity index (χ4v) is 8.92. The fraction of sp³-hybridized carbons (Fsp3) is 0.600. The Kier molecular flexibility index (Phi) is 4.66. The molecule has 0 radical (unpaired) electrons. The highest BCUT2D eigenvalue weighted by atomic mass is 127. The molecule has 0 aromatic heterocycles. The molecule has 0 fully saturated rings. The highest BCUT2D eigenvalue weighted by Crippen LogP contribution is 2.29. The normalized spacial score (nSPS) is 14.5.